The highest BCUT2D eigenvalue weighted by Crippen LogP contribution is 2.22. The van der Waals surface area contributed by atoms with Crippen LogP contribution in [0.5, 0.6) is 0 Å². The van der Waals surface area contributed by atoms with E-state index in [2.05, 4.69) is 9.97 Å². The van der Waals surface area contributed by atoms with Gasteiger partial charge in [0.05, 0.1) is 5.56 Å². The van der Waals surface area contributed by atoms with Gasteiger partial charge in [0, 0.05) is 30.4 Å². The van der Waals surface area contributed by atoms with Crippen molar-refractivity contribution in [3.05, 3.63) is 52.7 Å². The molecule has 0 amide bonds. The number of aryl methyl sites for hydroxylation is 1. The number of pyridine rings is 1. The third-order valence-electron chi connectivity index (χ3n) is 3.42. The van der Waals surface area contributed by atoms with Crippen molar-refractivity contribution in [2.24, 2.45) is 7.05 Å². The fraction of sp³-hybridized carbons (Fsp3) is 0.133. The maximum absolute atomic E-state index is 13.9. The smallest absolute Gasteiger partial charge is 0.259 e. The average molecular weight is 333 g/mol. The van der Waals surface area contributed by atoms with Gasteiger partial charge in [0.1, 0.15) is 11.5 Å². The van der Waals surface area contributed by atoms with Crippen LogP contribution in [0.2, 0.25) is 0 Å². The van der Waals surface area contributed by atoms with Gasteiger partial charge in [-0.05, 0) is 12.1 Å². The minimum atomic E-state index is -3.59. The van der Waals surface area contributed by atoms with Crippen molar-refractivity contribution in [1.29, 1.82) is 0 Å². The van der Waals surface area contributed by atoms with E-state index in [0.29, 0.717) is 5.39 Å². The minimum absolute atomic E-state index is 0.161. The summed E-state index contributed by atoms with van der Waals surface area (Å²) in [5.74, 6) is -0.516. The predicted molar refractivity (Wildman–Crippen MR) is 83.3 cm³/mol. The Hall–Kier alpha value is -2.61. The van der Waals surface area contributed by atoms with Crippen LogP contribution in [0.3, 0.4) is 0 Å². The van der Waals surface area contributed by atoms with Gasteiger partial charge in [-0.3, -0.25) is 9.36 Å². The van der Waals surface area contributed by atoms with Crippen molar-refractivity contribution < 1.29 is 12.8 Å². The first-order valence-corrected chi connectivity index (χ1v) is 8.50. The van der Waals surface area contributed by atoms with Crippen molar-refractivity contribution in [1.82, 2.24) is 14.5 Å². The van der Waals surface area contributed by atoms with E-state index in [-0.39, 0.29) is 21.9 Å². The normalized spacial score (nSPS) is 11.8. The third kappa shape index (κ3) is 2.61. The molecule has 118 valence electrons. The molecule has 0 N–H and O–H groups in total. The van der Waals surface area contributed by atoms with Crippen LogP contribution in [0.25, 0.3) is 22.2 Å². The standard InChI is InChI=1S/C15H12FN3O3S/c1-19-13-9(8-17-15(18-13)23(2,21)22)7-11(14(19)20)10-5-3-4-6-12(10)16/h3-8H,1-2H3. The number of halogens is 1. The van der Waals surface area contributed by atoms with Crippen LogP contribution in [0.1, 0.15) is 0 Å². The summed E-state index contributed by atoms with van der Waals surface area (Å²) in [6.45, 7) is 0. The molecule has 2 heterocycles. The molecule has 0 bridgehead atoms. The van der Waals surface area contributed by atoms with Gasteiger partial charge in [-0.15, -0.1) is 0 Å². The Labute approximate surface area is 131 Å². The number of rotatable bonds is 2. The van der Waals surface area contributed by atoms with Crippen molar-refractivity contribution in [3.8, 4) is 11.1 Å². The Bertz CT molecular complexity index is 1090. The molecule has 1 aromatic carbocycles. The molecule has 0 aliphatic rings. The van der Waals surface area contributed by atoms with E-state index in [4.69, 9.17) is 0 Å². The molecule has 0 saturated carbocycles. The molecule has 0 fully saturated rings. The zero-order chi connectivity index (χ0) is 16.8. The first kappa shape index (κ1) is 15.3. The lowest BCUT2D eigenvalue weighted by molar-refractivity contribution is 0.593. The van der Waals surface area contributed by atoms with Gasteiger partial charge in [0.25, 0.3) is 5.56 Å². The van der Waals surface area contributed by atoms with E-state index < -0.39 is 21.2 Å². The molecular weight excluding hydrogens is 321 g/mol. The van der Waals surface area contributed by atoms with Crippen molar-refractivity contribution in [2.45, 2.75) is 5.16 Å². The van der Waals surface area contributed by atoms with Crippen LogP contribution in [-0.2, 0) is 16.9 Å². The fourth-order valence-corrected chi connectivity index (χ4v) is 2.78. The second kappa shape index (κ2) is 5.24. The number of sulfone groups is 1. The van der Waals surface area contributed by atoms with Gasteiger partial charge in [-0.2, -0.15) is 4.98 Å². The van der Waals surface area contributed by atoms with Crippen molar-refractivity contribution >= 4 is 20.9 Å². The zero-order valence-electron chi connectivity index (χ0n) is 12.3. The monoisotopic (exact) mass is 333 g/mol. The Morgan fingerprint density at radius 3 is 2.52 bits per heavy atom. The Kier molecular flexibility index (Phi) is 3.48. The Balaban J connectivity index is 2.36. The molecule has 0 radical (unpaired) electrons. The molecule has 23 heavy (non-hydrogen) atoms. The lowest BCUT2D eigenvalue weighted by Gasteiger charge is -2.09. The molecule has 0 aliphatic heterocycles. The van der Waals surface area contributed by atoms with Crippen LogP contribution in [0.4, 0.5) is 4.39 Å². The number of fused-ring (bicyclic) bond motifs is 1. The molecule has 6 nitrogen and oxygen atoms in total. The SMILES string of the molecule is Cn1c(=O)c(-c2ccccc2F)cc2cnc(S(C)(=O)=O)nc21. The highest BCUT2D eigenvalue weighted by atomic mass is 32.2. The van der Waals surface area contributed by atoms with Crippen LogP contribution in [-0.4, -0.2) is 29.2 Å². The number of hydrogen-bond acceptors (Lipinski definition) is 5. The van der Waals surface area contributed by atoms with Gasteiger partial charge in [0.15, 0.2) is 0 Å². The second-order valence-corrected chi connectivity index (χ2v) is 7.02. The van der Waals surface area contributed by atoms with Gasteiger partial charge in [-0.25, -0.2) is 17.8 Å². The third-order valence-corrected chi connectivity index (χ3v) is 4.28. The fourth-order valence-electron chi connectivity index (χ4n) is 2.28. The van der Waals surface area contributed by atoms with Crippen molar-refractivity contribution in [2.75, 3.05) is 6.26 Å². The van der Waals surface area contributed by atoms with E-state index in [1.54, 1.807) is 6.07 Å². The molecule has 0 aliphatic carbocycles. The number of benzene rings is 1. The average Bonchev–Trinajstić information content (AvgIpc) is 2.50. The predicted octanol–water partition coefficient (Wildman–Crippen LogP) is 1.54. The molecule has 8 heteroatoms. The molecule has 3 aromatic rings. The lowest BCUT2D eigenvalue weighted by Crippen LogP contribution is -2.21. The van der Waals surface area contributed by atoms with Crippen molar-refractivity contribution in [3.63, 3.8) is 0 Å². The number of hydrogen-bond donors (Lipinski definition) is 0. The summed E-state index contributed by atoms with van der Waals surface area (Å²) in [7, 11) is -2.14. The van der Waals surface area contributed by atoms with E-state index in [0.717, 1.165) is 6.26 Å². The first-order valence-electron chi connectivity index (χ1n) is 6.61. The van der Waals surface area contributed by atoms with Crippen LogP contribution < -0.4 is 5.56 Å². The summed E-state index contributed by atoms with van der Waals surface area (Å²) in [4.78, 5) is 20.2. The topological polar surface area (TPSA) is 81.9 Å². The molecule has 3 rings (SSSR count). The summed E-state index contributed by atoms with van der Waals surface area (Å²) >= 11 is 0. The summed E-state index contributed by atoms with van der Waals surface area (Å²) in [6, 6.07) is 7.39. The van der Waals surface area contributed by atoms with E-state index in [1.165, 1.54) is 42.1 Å². The Morgan fingerprint density at radius 2 is 1.87 bits per heavy atom. The lowest BCUT2D eigenvalue weighted by atomic mass is 10.1. The summed E-state index contributed by atoms with van der Waals surface area (Å²) in [5.41, 5.74) is 0.0299. The van der Waals surface area contributed by atoms with E-state index in [1.807, 2.05) is 0 Å². The maximum Gasteiger partial charge on any atom is 0.259 e. The highest BCUT2D eigenvalue weighted by molar-refractivity contribution is 7.90. The summed E-state index contributed by atoms with van der Waals surface area (Å²) in [6.07, 6.45) is 2.29. The van der Waals surface area contributed by atoms with Gasteiger partial charge in [-0.1, -0.05) is 18.2 Å². The largest absolute Gasteiger partial charge is 0.295 e. The number of nitrogens with zero attached hydrogens (tertiary/aromatic N) is 3. The summed E-state index contributed by atoms with van der Waals surface area (Å²) < 4.78 is 38.2. The number of aromatic nitrogens is 3. The molecule has 0 saturated heterocycles. The van der Waals surface area contributed by atoms with Gasteiger partial charge >= 0.3 is 0 Å². The van der Waals surface area contributed by atoms with Gasteiger partial charge in [0.2, 0.25) is 15.0 Å². The first-order chi connectivity index (χ1) is 10.8. The molecule has 2 aromatic heterocycles. The summed E-state index contributed by atoms with van der Waals surface area (Å²) in [5, 5.41) is 0.0800. The van der Waals surface area contributed by atoms with E-state index >= 15 is 0 Å². The van der Waals surface area contributed by atoms with Crippen LogP contribution in [0, 0.1) is 5.82 Å². The highest BCUT2D eigenvalue weighted by Gasteiger charge is 2.16. The molecule has 0 unspecified atom stereocenters. The molecular formula is C15H12FN3O3S. The van der Waals surface area contributed by atoms with Crippen LogP contribution in [0.15, 0.2) is 46.5 Å². The molecule has 0 spiro atoms. The zero-order valence-corrected chi connectivity index (χ0v) is 13.1. The van der Waals surface area contributed by atoms with Gasteiger partial charge < -0.3 is 0 Å². The second-order valence-electron chi connectivity index (χ2n) is 5.11. The Morgan fingerprint density at radius 1 is 1.17 bits per heavy atom. The van der Waals surface area contributed by atoms with E-state index in [9.17, 15) is 17.6 Å². The molecule has 0 atom stereocenters. The minimum Gasteiger partial charge on any atom is -0.295 e. The van der Waals surface area contributed by atoms with Crippen LogP contribution >= 0.6 is 0 Å². The maximum atomic E-state index is 13.9. The quantitative estimate of drug-likeness (QED) is 0.664.